The van der Waals surface area contributed by atoms with Gasteiger partial charge in [0.05, 0.1) is 30.5 Å². The number of pyridine rings is 1. The molecular formula is C31H38FN5O2. The first-order valence-corrected chi connectivity index (χ1v) is 13.8. The predicted octanol–water partition coefficient (Wildman–Crippen LogP) is 4.65. The van der Waals surface area contributed by atoms with Crippen LogP contribution in [0.25, 0.3) is 11.1 Å². The maximum Gasteiger partial charge on any atom is 0.255 e. The number of carbonyl (C=O) groups is 1. The molecule has 1 aliphatic carbocycles. The van der Waals surface area contributed by atoms with Gasteiger partial charge < -0.3 is 20.7 Å². The predicted molar refractivity (Wildman–Crippen MR) is 152 cm³/mol. The van der Waals surface area contributed by atoms with Crippen molar-refractivity contribution in [2.75, 3.05) is 39.0 Å². The maximum atomic E-state index is 13.5. The average molecular weight is 532 g/mol. The van der Waals surface area contributed by atoms with Crippen molar-refractivity contribution in [1.29, 1.82) is 0 Å². The van der Waals surface area contributed by atoms with E-state index in [0.29, 0.717) is 12.6 Å². The van der Waals surface area contributed by atoms with Gasteiger partial charge in [-0.2, -0.15) is 0 Å². The van der Waals surface area contributed by atoms with Gasteiger partial charge in [0.15, 0.2) is 0 Å². The molecule has 2 fully saturated rings. The number of piperazine rings is 1. The number of benzene rings is 2. The van der Waals surface area contributed by atoms with Crippen LogP contribution in [0.3, 0.4) is 0 Å². The lowest BCUT2D eigenvalue weighted by Gasteiger charge is -2.36. The standard InChI is InChI=1S/C31H38FN5O2/c1-21(37-16-14-36(2)15-17-37)23-10-12-25(13-11-23)24-8-6-22(7-9-24)20-39-29-5-3-4-28(29)35-31(38)27-18-26(32)19-34-30(27)33/h6-13,18-19,21,28-29H,3-5,14-17,20H2,1-2H3,(H2,33,34)(H,35,38)/t21?,28-,29-/m0/s1. The average Bonchev–Trinajstić information content (AvgIpc) is 3.40. The molecule has 2 aromatic carbocycles. The lowest BCUT2D eigenvalue weighted by molar-refractivity contribution is 0.0272. The van der Waals surface area contributed by atoms with Crippen molar-refractivity contribution in [2.24, 2.45) is 0 Å². The Morgan fingerprint density at radius 3 is 2.44 bits per heavy atom. The number of hydrogen-bond donors (Lipinski definition) is 2. The third-order valence-corrected chi connectivity index (χ3v) is 8.13. The van der Waals surface area contributed by atoms with Gasteiger partial charge in [-0.1, -0.05) is 48.5 Å². The Morgan fingerprint density at radius 2 is 1.74 bits per heavy atom. The lowest BCUT2D eigenvalue weighted by Crippen LogP contribution is -2.45. The third-order valence-electron chi connectivity index (χ3n) is 8.13. The highest BCUT2D eigenvalue weighted by Gasteiger charge is 2.30. The number of nitrogens with two attached hydrogens (primary N) is 1. The van der Waals surface area contributed by atoms with Crippen LogP contribution in [0.2, 0.25) is 0 Å². The molecule has 2 heterocycles. The van der Waals surface area contributed by atoms with Crippen LogP contribution in [0.5, 0.6) is 0 Å². The number of ether oxygens (including phenoxy) is 1. The minimum atomic E-state index is -0.590. The lowest BCUT2D eigenvalue weighted by atomic mass is 9.99. The van der Waals surface area contributed by atoms with Gasteiger partial charge in [0.1, 0.15) is 11.6 Å². The van der Waals surface area contributed by atoms with Crippen LogP contribution >= 0.6 is 0 Å². The number of anilines is 1. The molecule has 1 saturated carbocycles. The Morgan fingerprint density at radius 1 is 1.08 bits per heavy atom. The summed E-state index contributed by atoms with van der Waals surface area (Å²) >= 11 is 0. The fourth-order valence-corrected chi connectivity index (χ4v) is 5.54. The quantitative estimate of drug-likeness (QED) is 0.441. The second kappa shape index (κ2) is 12.2. The first-order valence-electron chi connectivity index (χ1n) is 13.8. The number of amides is 1. The van der Waals surface area contributed by atoms with Gasteiger partial charge in [-0.15, -0.1) is 0 Å². The van der Waals surface area contributed by atoms with E-state index >= 15 is 0 Å². The van der Waals surface area contributed by atoms with E-state index in [-0.39, 0.29) is 23.5 Å². The summed E-state index contributed by atoms with van der Waals surface area (Å²) < 4.78 is 19.7. The van der Waals surface area contributed by atoms with Crippen LogP contribution in [0.15, 0.2) is 60.8 Å². The molecule has 1 unspecified atom stereocenters. The van der Waals surface area contributed by atoms with Crippen molar-refractivity contribution in [3.8, 4) is 11.1 Å². The normalized spacial score (nSPS) is 21.1. The number of nitrogen functional groups attached to an aromatic ring is 1. The van der Waals surface area contributed by atoms with Crippen LogP contribution in [0.4, 0.5) is 10.2 Å². The van der Waals surface area contributed by atoms with E-state index in [2.05, 4.69) is 82.6 Å². The minimum absolute atomic E-state index is 0.0173. The molecule has 3 aromatic rings. The molecule has 3 atom stereocenters. The fraction of sp³-hybridized carbons (Fsp3) is 0.419. The molecule has 1 saturated heterocycles. The Labute approximate surface area is 230 Å². The number of carbonyl (C=O) groups excluding carboxylic acids is 1. The first-order chi connectivity index (χ1) is 18.9. The molecule has 0 radical (unpaired) electrons. The molecule has 2 aliphatic rings. The van der Waals surface area contributed by atoms with E-state index < -0.39 is 11.7 Å². The van der Waals surface area contributed by atoms with Crippen LogP contribution < -0.4 is 11.1 Å². The number of nitrogens with zero attached hydrogens (tertiary/aromatic N) is 3. The molecule has 206 valence electrons. The summed E-state index contributed by atoms with van der Waals surface area (Å²) in [5, 5.41) is 2.96. The molecule has 39 heavy (non-hydrogen) atoms. The highest BCUT2D eigenvalue weighted by Crippen LogP contribution is 2.27. The van der Waals surface area contributed by atoms with Gasteiger partial charge >= 0.3 is 0 Å². The van der Waals surface area contributed by atoms with Gasteiger partial charge in [0.25, 0.3) is 5.91 Å². The third kappa shape index (κ3) is 6.64. The topological polar surface area (TPSA) is 83.7 Å². The highest BCUT2D eigenvalue weighted by atomic mass is 19.1. The van der Waals surface area contributed by atoms with Crippen molar-refractivity contribution >= 4 is 11.7 Å². The van der Waals surface area contributed by atoms with Crippen molar-refractivity contribution in [3.05, 3.63) is 83.3 Å². The van der Waals surface area contributed by atoms with Crippen molar-refractivity contribution in [2.45, 2.75) is 51.0 Å². The smallest absolute Gasteiger partial charge is 0.255 e. The zero-order valence-corrected chi connectivity index (χ0v) is 22.8. The number of aromatic nitrogens is 1. The molecule has 0 bridgehead atoms. The van der Waals surface area contributed by atoms with Gasteiger partial charge in [0, 0.05) is 32.2 Å². The number of rotatable bonds is 8. The second-order valence-electron chi connectivity index (χ2n) is 10.8. The summed E-state index contributed by atoms with van der Waals surface area (Å²) in [6.45, 7) is 7.21. The Bertz CT molecular complexity index is 1260. The zero-order chi connectivity index (χ0) is 27.4. The van der Waals surface area contributed by atoms with Crippen LogP contribution in [0, 0.1) is 5.82 Å². The molecule has 8 heteroatoms. The van der Waals surface area contributed by atoms with Gasteiger partial charge in [-0.3, -0.25) is 9.69 Å². The Kier molecular flexibility index (Phi) is 8.55. The molecule has 7 nitrogen and oxygen atoms in total. The Hall–Kier alpha value is -3.33. The number of hydrogen-bond acceptors (Lipinski definition) is 6. The van der Waals surface area contributed by atoms with E-state index in [1.54, 1.807) is 0 Å². The maximum absolute atomic E-state index is 13.5. The van der Waals surface area contributed by atoms with E-state index in [1.165, 1.54) is 16.7 Å². The molecule has 1 amide bonds. The summed E-state index contributed by atoms with van der Waals surface area (Å²) in [5.74, 6) is -0.995. The van der Waals surface area contributed by atoms with E-state index in [9.17, 15) is 9.18 Å². The summed E-state index contributed by atoms with van der Waals surface area (Å²) in [5.41, 5.74) is 10.6. The van der Waals surface area contributed by atoms with E-state index in [0.717, 1.165) is 63.3 Å². The number of halogens is 1. The molecule has 5 rings (SSSR count). The molecule has 1 aromatic heterocycles. The summed E-state index contributed by atoms with van der Waals surface area (Å²) in [7, 11) is 2.19. The largest absolute Gasteiger partial charge is 0.383 e. The number of nitrogens with one attached hydrogen (secondary N) is 1. The van der Waals surface area contributed by atoms with E-state index in [1.807, 2.05) is 0 Å². The molecule has 0 spiro atoms. The van der Waals surface area contributed by atoms with Gasteiger partial charge in [-0.05, 0) is 61.6 Å². The summed E-state index contributed by atoms with van der Waals surface area (Å²) in [6, 6.07) is 18.7. The van der Waals surface area contributed by atoms with Gasteiger partial charge in [0.2, 0.25) is 0 Å². The first kappa shape index (κ1) is 27.2. The SMILES string of the molecule is CC(c1ccc(-c2ccc(CO[C@H]3CCC[C@@H]3NC(=O)c3cc(F)cnc3N)cc2)cc1)N1CCN(C)CC1. The van der Waals surface area contributed by atoms with Crippen LogP contribution in [-0.4, -0.2) is 66.1 Å². The van der Waals surface area contributed by atoms with Crippen molar-refractivity contribution in [3.63, 3.8) is 0 Å². The van der Waals surface area contributed by atoms with E-state index in [4.69, 9.17) is 10.5 Å². The monoisotopic (exact) mass is 531 g/mol. The zero-order valence-electron chi connectivity index (χ0n) is 22.8. The second-order valence-corrected chi connectivity index (χ2v) is 10.8. The highest BCUT2D eigenvalue weighted by molar-refractivity contribution is 5.98. The minimum Gasteiger partial charge on any atom is -0.383 e. The van der Waals surface area contributed by atoms with Crippen LogP contribution in [-0.2, 0) is 11.3 Å². The molecule has 3 N–H and O–H groups in total. The van der Waals surface area contributed by atoms with Crippen molar-refractivity contribution < 1.29 is 13.9 Å². The Balaban J connectivity index is 1.14. The molecule has 1 aliphatic heterocycles. The number of likely N-dealkylation sites (N-methyl/N-ethyl adjacent to an activating group) is 1. The summed E-state index contributed by atoms with van der Waals surface area (Å²) in [6.07, 6.45) is 3.52. The van der Waals surface area contributed by atoms with Gasteiger partial charge in [-0.25, -0.2) is 9.37 Å². The molecular weight excluding hydrogens is 493 g/mol. The summed E-state index contributed by atoms with van der Waals surface area (Å²) in [4.78, 5) is 21.3. The van der Waals surface area contributed by atoms with Crippen molar-refractivity contribution in [1.82, 2.24) is 20.1 Å². The van der Waals surface area contributed by atoms with Crippen LogP contribution in [0.1, 0.15) is 53.7 Å². The fourth-order valence-electron chi connectivity index (χ4n) is 5.54.